The first-order chi connectivity index (χ1) is 30.9. The van der Waals surface area contributed by atoms with Gasteiger partial charge in [-0.15, -0.1) is 0 Å². The second kappa shape index (κ2) is 21.2. The summed E-state index contributed by atoms with van der Waals surface area (Å²) in [6, 6.07) is 19.0. The zero-order valence-electron chi connectivity index (χ0n) is 38.3. The number of rotatable bonds is 17. The van der Waals surface area contributed by atoms with Crippen molar-refractivity contribution in [2.45, 2.75) is 122 Å². The van der Waals surface area contributed by atoms with E-state index in [1.807, 2.05) is 76.2 Å². The number of esters is 2. The van der Waals surface area contributed by atoms with Gasteiger partial charge in [-0.2, -0.15) is 13.2 Å². The monoisotopic (exact) mass is 901 g/mol. The molecule has 0 spiro atoms. The Morgan fingerprint density at radius 2 is 0.969 bits per heavy atom. The Hall–Kier alpha value is -5.53. The average molecular weight is 902 g/mol. The van der Waals surface area contributed by atoms with Gasteiger partial charge in [0, 0.05) is 31.6 Å². The van der Waals surface area contributed by atoms with E-state index in [2.05, 4.69) is 4.90 Å². The SMILES string of the molecule is COC(=O)C[C@H](C(=O)N1CCC[C@H]1C(=O)Cc1ccc([C@@H]2CC[C@@H](c3ccc(CC(=O)[C@@H]4CCCN4C(=O)[C@@H](CC(=O)OC)C(C)C)cc3)N2c2ccc(C(F)(F)F)cc2)cc1)C(C)C. The van der Waals surface area contributed by atoms with E-state index in [0.717, 1.165) is 34.4 Å². The first kappa shape index (κ1) is 48.9. The van der Waals surface area contributed by atoms with Gasteiger partial charge >= 0.3 is 18.1 Å². The molecule has 3 saturated heterocycles. The summed E-state index contributed by atoms with van der Waals surface area (Å²) in [4.78, 5) is 84.3. The van der Waals surface area contributed by atoms with Crippen molar-refractivity contribution in [3.63, 3.8) is 0 Å². The van der Waals surface area contributed by atoms with Crippen molar-refractivity contribution < 1.29 is 51.4 Å². The zero-order valence-corrected chi connectivity index (χ0v) is 38.3. The summed E-state index contributed by atoms with van der Waals surface area (Å²) >= 11 is 0. The van der Waals surface area contributed by atoms with E-state index in [0.29, 0.717) is 57.3 Å². The smallest absolute Gasteiger partial charge is 0.416 e. The largest absolute Gasteiger partial charge is 0.469 e. The van der Waals surface area contributed by atoms with Gasteiger partial charge in [0.05, 0.1) is 68.6 Å². The maximum Gasteiger partial charge on any atom is 0.416 e. The van der Waals surface area contributed by atoms with Gasteiger partial charge in [-0.1, -0.05) is 76.2 Å². The number of hydrogen-bond donors (Lipinski definition) is 0. The van der Waals surface area contributed by atoms with Crippen LogP contribution in [0.5, 0.6) is 0 Å². The maximum atomic E-state index is 13.7. The molecule has 2 amide bonds. The van der Waals surface area contributed by atoms with Crippen LogP contribution < -0.4 is 4.90 Å². The highest BCUT2D eigenvalue weighted by molar-refractivity contribution is 5.93. The van der Waals surface area contributed by atoms with Gasteiger partial charge in [0.25, 0.3) is 0 Å². The number of alkyl halides is 3. The molecular formula is C51H62F3N3O8. The third kappa shape index (κ3) is 11.5. The third-order valence-electron chi connectivity index (χ3n) is 13.7. The minimum atomic E-state index is -4.49. The molecule has 0 radical (unpaired) electrons. The number of likely N-dealkylation sites (tertiary alicyclic amines) is 2. The van der Waals surface area contributed by atoms with E-state index in [1.165, 1.54) is 26.4 Å². The molecule has 6 rings (SSSR count). The molecule has 3 heterocycles. The van der Waals surface area contributed by atoms with Crippen LogP contribution in [0.15, 0.2) is 72.8 Å². The Labute approximate surface area is 380 Å². The summed E-state index contributed by atoms with van der Waals surface area (Å²) in [6.45, 7) is 8.41. The number of methoxy groups -OCH3 is 2. The lowest BCUT2D eigenvalue weighted by Crippen LogP contribution is -2.45. The summed E-state index contributed by atoms with van der Waals surface area (Å²) in [5, 5.41) is 0. The van der Waals surface area contributed by atoms with Crippen LogP contribution in [0.25, 0.3) is 0 Å². The van der Waals surface area contributed by atoms with Crippen molar-refractivity contribution in [3.8, 4) is 0 Å². The highest BCUT2D eigenvalue weighted by Gasteiger charge is 2.41. The first-order valence-corrected chi connectivity index (χ1v) is 22.8. The van der Waals surface area contributed by atoms with Crippen LogP contribution in [-0.2, 0) is 57.3 Å². The molecule has 350 valence electrons. The minimum Gasteiger partial charge on any atom is -0.469 e. The van der Waals surface area contributed by atoms with E-state index < -0.39 is 47.6 Å². The fraction of sp³-hybridized carbons (Fsp3) is 0.529. The van der Waals surface area contributed by atoms with Crippen molar-refractivity contribution in [1.82, 2.24) is 9.80 Å². The quantitative estimate of drug-likeness (QED) is 0.122. The van der Waals surface area contributed by atoms with E-state index in [-0.39, 0.29) is 73.0 Å². The lowest BCUT2D eigenvalue weighted by atomic mass is 9.90. The zero-order chi connectivity index (χ0) is 47.2. The predicted octanol–water partition coefficient (Wildman–Crippen LogP) is 8.66. The number of halogens is 3. The van der Waals surface area contributed by atoms with Gasteiger partial charge in [-0.3, -0.25) is 28.8 Å². The van der Waals surface area contributed by atoms with E-state index in [4.69, 9.17) is 9.47 Å². The molecule has 3 aliphatic rings. The lowest BCUT2D eigenvalue weighted by Gasteiger charge is -2.34. The number of carbonyl (C=O) groups excluding carboxylic acids is 6. The highest BCUT2D eigenvalue weighted by atomic mass is 19.4. The van der Waals surface area contributed by atoms with Crippen molar-refractivity contribution in [2.75, 3.05) is 32.2 Å². The number of ketones is 2. The topological polar surface area (TPSA) is 131 Å². The Bertz CT molecular complexity index is 2050. The molecule has 3 fully saturated rings. The molecule has 0 saturated carbocycles. The van der Waals surface area contributed by atoms with E-state index in [1.54, 1.807) is 9.80 Å². The summed E-state index contributed by atoms with van der Waals surface area (Å²) in [5.41, 5.74) is 3.31. The van der Waals surface area contributed by atoms with Gasteiger partial charge in [0.2, 0.25) is 11.8 Å². The Balaban J connectivity index is 1.17. The molecule has 65 heavy (non-hydrogen) atoms. The molecular weight excluding hydrogens is 840 g/mol. The van der Waals surface area contributed by atoms with Crippen LogP contribution in [0, 0.1) is 23.7 Å². The summed E-state index contributed by atoms with van der Waals surface area (Å²) in [5.74, 6) is -2.91. The third-order valence-corrected chi connectivity index (χ3v) is 13.7. The Morgan fingerprint density at radius 1 is 0.585 bits per heavy atom. The fourth-order valence-corrected chi connectivity index (χ4v) is 9.90. The highest BCUT2D eigenvalue weighted by Crippen LogP contribution is 2.47. The first-order valence-electron chi connectivity index (χ1n) is 22.8. The molecule has 14 heteroatoms. The standard InChI is InChI=1S/C51H62F3N3O8/c1-31(2)39(29-47(60)64-5)49(62)55-25-7-9-43(55)45(58)27-33-11-15-35(16-12-33)41-23-24-42(57(41)38-21-19-37(20-22-38)51(52,53)54)36-17-13-34(14-18-36)28-46(59)44-10-8-26-56(44)50(63)40(32(3)4)30-48(61)65-6/h11-22,31-32,39-44H,7-10,23-30H2,1-6H3/t39-,40-,41-,42-,43-,44-/m0/s1. The second-order valence-corrected chi connectivity index (χ2v) is 18.5. The Kier molecular flexibility index (Phi) is 15.9. The number of anilines is 1. The van der Waals surface area contributed by atoms with Gasteiger partial charge in [-0.25, -0.2) is 0 Å². The molecule has 0 aliphatic carbocycles. The summed E-state index contributed by atoms with van der Waals surface area (Å²) in [7, 11) is 2.58. The number of amides is 2. The van der Waals surface area contributed by atoms with Crippen LogP contribution in [0.3, 0.4) is 0 Å². The van der Waals surface area contributed by atoms with E-state index >= 15 is 0 Å². The molecule has 0 N–H and O–H groups in total. The molecule has 3 aliphatic heterocycles. The number of carbonyl (C=O) groups is 6. The van der Waals surface area contributed by atoms with Gasteiger partial charge < -0.3 is 24.2 Å². The van der Waals surface area contributed by atoms with Crippen molar-refractivity contribution in [2.24, 2.45) is 23.7 Å². The molecule has 3 aromatic carbocycles. The maximum absolute atomic E-state index is 13.7. The van der Waals surface area contributed by atoms with Crippen molar-refractivity contribution in [3.05, 3.63) is 101 Å². The lowest BCUT2D eigenvalue weighted by molar-refractivity contribution is -0.149. The molecule has 11 nitrogen and oxygen atoms in total. The van der Waals surface area contributed by atoms with E-state index in [9.17, 15) is 41.9 Å². The predicted molar refractivity (Wildman–Crippen MR) is 238 cm³/mol. The molecule has 6 atom stereocenters. The van der Waals surface area contributed by atoms with Crippen molar-refractivity contribution in [1.29, 1.82) is 0 Å². The number of ether oxygens (including phenoxy) is 2. The van der Waals surface area contributed by atoms with Crippen LogP contribution in [0.1, 0.15) is 119 Å². The second-order valence-electron chi connectivity index (χ2n) is 18.5. The number of Topliss-reactive ketones (excluding diaryl/α,β-unsaturated/α-hetero) is 2. The summed E-state index contributed by atoms with van der Waals surface area (Å²) in [6.07, 6.45) is -0.478. The Morgan fingerprint density at radius 3 is 1.31 bits per heavy atom. The molecule has 0 unspecified atom stereocenters. The fourth-order valence-electron chi connectivity index (χ4n) is 9.90. The number of nitrogens with zero attached hydrogens (tertiary/aromatic N) is 3. The molecule has 0 aromatic heterocycles. The van der Waals surface area contributed by atoms with Crippen LogP contribution >= 0.6 is 0 Å². The van der Waals surface area contributed by atoms with Gasteiger partial charge in [-0.05, 0) is 96.9 Å². The normalized spacial score (nSPS) is 20.9. The molecule has 0 bridgehead atoms. The van der Waals surface area contributed by atoms with Crippen LogP contribution in [-0.4, -0.2) is 84.5 Å². The van der Waals surface area contributed by atoms with Crippen molar-refractivity contribution >= 4 is 41.0 Å². The number of hydrogen-bond acceptors (Lipinski definition) is 9. The summed E-state index contributed by atoms with van der Waals surface area (Å²) < 4.78 is 50.7. The van der Waals surface area contributed by atoms with Gasteiger partial charge in [0.1, 0.15) is 0 Å². The van der Waals surface area contributed by atoms with Crippen LogP contribution in [0.4, 0.5) is 18.9 Å². The van der Waals surface area contributed by atoms with Crippen LogP contribution in [0.2, 0.25) is 0 Å². The molecule has 3 aromatic rings. The van der Waals surface area contributed by atoms with Gasteiger partial charge in [0.15, 0.2) is 11.6 Å². The minimum absolute atomic E-state index is 0.0467. The number of benzene rings is 3. The average Bonchev–Trinajstić information content (AvgIpc) is 4.08.